The fraction of sp³-hybridized carbons (Fsp3) is 0.167. The molecule has 1 aromatic carbocycles. The van der Waals surface area contributed by atoms with E-state index in [0.717, 1.165) is 5.56 Å². The van der Waals surface area contributed by atoms with Crippen molar-refractivity contribution in [2.45, 2.75) is 5.54 Å². The van der Waals surface area contributed by atoms with Gasteiger partial charge in [0, 0.05) is 5.57 Å². The fourth-order valence-corrected chi connectivity index (χ4v) is 3.70. The molecule has 0 atom stereocenters. The first-order valence-electron chi connectivity index (χ1n) is 7.26. The number of halogens is 1. The highest BCUT2D eigenvalue weighted by Gasteiger charge is 2.49. The Bertz CT molecular complexity index is 792. The number of nitrogens with zero attached hydrogens (tertiary/aromatic N) is 1. The molecule has 122 valence electrons. The van der Waals surface area contributed by atoms with Crippen LogP contribution in [0.2, 0.25) is 0 Å². The van der Waals surface area contributed by atoms with E-state index in [2.05, 4.69) is 15.9 Å². The molecule has 1 amide bonds. The van der Waals surface area contributed by atoms with Gasteiger partial charge in [0.25, 0.3) is 5.91 Å². The van der Waals surface area contributed by atoms with Crippen LogP contribution in [0.1, 0.15) is 5.56 Å². The summed E-state index contributed by atoms with van der Waals surface area (Å²) in [6, 6.07) is 9.37. The Kier molecular flexibility index (Phi) is 4.24. The summed E-state index contributed by atoms with van der Waals surface area (Å²) in [7, 11) is 1.27. The number of benzene rings is 1. The second-order valence-corrected chi connectivity index (χ2v) is 6.21. The van der Waals surface area contributed by atoms with Crippen LogP contribution in [0, 0.1) is 0 Å². The molecule has 0 aromatic heterocycles. The van der Waals surface area contributed by atoms with Crippen LogP contribution in [0.4, 0.5) is 0 Å². The number of hydrogen-bond donors (Lipinski definition) is 0. The second kappa shape index (κ2) is 6.20. The summed E-state index contributed by atoms with van der Waals surface area (Å²) >= 11 is 3.37. The van der Waals surface area contributed by atoms with Crippen LogP contribution < -0.4 is 0 Å². The van der Waals surface area contributed by atoms with E-state index in [1.807, 2.05) is 30.3 Å². The average Bonchev–Trinajstić information content (AvgIpc) is 2.80. The number of esters is 1. The number of amides is 1. The van der Waals surface area contributed by atoms with Gasteiger partial charge in [0.2, 0.25) is 0 Å². The van der Waals surface area contributed by atoms with Crippen molar-refractivity contribution in [3.63, 3.8) is 0 Å². The smallest absolute Gasteiger partial charge is 0.325 e. The number of ketones is 1. The lowest BCUT2D eigenvalue weighted by Crippen LogP contribution is -2.48. The number of ether oxygens (including phenoxy) is 1. The third kappa shape index (κ3) is 2.53. The second-order valence-electron chi connectivity index (χ2n) is 5.42. The van der Waals surface area contributed by atoms with Gasteiger partial charge in [0.1, 0.15) is 12.1 Å². The van der Waals surface area contributed by atoms with Crippen LogP contribution in [0.3, 0.4) is 0 Å². The number of allylic oxidation sites excluding steroid dienone is 2. The Morgan fingerprint density at radius 1 is 1.17 bits per heavy atom. The molecule has 0 N–H and O–H groups in total. The summed E-state index contributed by atoms with van der Waals surface area (Å²) in [6.07, 6.45) is 6.11. The molecule has 6 heteroatoms. The quantitative estimate of drug-likeness (QED) is 0.746. The number of hydrogen-bond acceptors (Lipinski definition) is 4. The summed E-state index contributed by atoms with van der Waals surface area (Å²) in [4.78, 5) is 37.5. The Hall–Kier alpha value is -2.47. The van der Waals surface area contributed by atoms with Gasteiger partial charge in [0.05, 0.1) is 11.6 Å². The maximum atomic E-state index is 12.8. The van der Waals surface area contributed by atoms with E-state index in [4.69, 9.17) is 4.74 Å². The lowest BCUT2D eigenvalue weighted by molar-refractivity contribution is -0.146. The molecule has 5 nitrogen and oxygen atoms in total. The Balaban J connectivity index is 2.17. The molecule has 0 radical (unpaired) electrons. The lowest BCUT2D eigenvalue weighted by Gasteiger charge is -2.36. The van der Waals surface area contributed by atoms with E-state index in [1.165, 1.54) is 24.2 Å². The van der Waals surface area contributed by atoms with Crippen LogP contribution >= 0.6 is 15.9 Å². The molecule has 1 heterocycles. The molecular weight excluding hydrogens is 374 g/mol. The molecule has 0 saturated carbocycles. The molecule has 1 aliphatic carbocycles. The van der Waals surface area contributed by atoms with E-state index in [-0.39, 0.29) is 18.2 Å². The Morgan fingerprint density at radius 3 is 2.38 bits per heavy atom. The van der Waals surface area contributed by atoms with E-state index in [0.29, 0.717) is 10.1 Å². The normalized spacial score (nSPS) is 18.7. The number of methoxy groups -OCH3 is 1. The van der Waals surface area contributed by atoms with Gasteiger partial charge in [0.15, 0.2) is 5.78 Å². The van der Waals surface area contributed by atoms with Crippen LogP contribution in [0.5, 0.6) is 0 Å². The minimum Gasteiger partial charge on any atom is -0.468 e. The summed E-state index contributed by atoms with van der Waals surface area (Å²) in [6.45, 7) is -0.219. The predicted octanol–water partition coefficient (Wildman–Crippen LogP) is 2.24. The van der Waals surface area contributed by atoms with Crippen LogP contribution in [-0.2, 0) is 19.1 Å². The van der Waals surface area contributed by atoms with Gasteiger partial charge in [-0.05, 0) is 45.8 Å². The molecule has 0 fully saturated rings. The zero-order chi connectivity index (χ0) is 17.3. The number of rotatable bonds is 3. The van der Waals surface area contributed by atoms with E-state index in [1.54, 1.807) is 12.2 Å². The summed E-state index contributed by atoms with van der Waals surface area (Å²) in [5.74, 6) is -1.03. The van der Waals surface area contributed by atoms with Crippen molar-refractivity contribution in [2.75, 3.05) is 13.7 Å². The van der Waals surface area contributed by atoms with Gasteiger partial charge in [-0.1, -0.05) is 30.3 Å². The molecule has 1 aromatic rings. The van der Waals surface area contributed by atoms with Gasteiger partial charge in [-0.3, -0.25) is 14.4 Å². The predicted molar refractivity (Wildman–Crippen MR) is 92.0 cm³/mol. The van der Waals surface area contributed by atoms with Gasteiger partial charge < -0.3 is 9.64 Å². The SMILES string of the molecule is COC(=O)CN1C(=O)C(Br)=C(c2ccccc2)C12C=CC(=O)C=C2. The van der Waals surface area contributed by atoms with Gasteiger partial charge >= 0.3 is 5.97 Å². The molecule has 0 unspecified atom stereocenters. The van der Waals surface area contributed by atoms with Crippen LogP contribution in [0.15, 0.2) is 59.1 Å². The average molecular weight is 388 g/mol. The van der Waals surface area contributed by atoms with E-state index in [9.17, 15) is 14.4 Å². The lowest BCUT2D eigenvalue weighted by atomic mass is 9.82. The van der Waals surface area contributed by atoms with Gasteiger partial charge in [-0.25, -0.2) is 0 Å². The van der Waals surface area contributed by atoms with Crippen molar-refractivity contribution in [1.29, 1.82) is 0 Å². The zero-order valence-electron chi connectivity index (χ0n) is 12.9. The van der Waals surface area contributed by atoms with Gasteiger partial charge in [-0.15, -0.1) is 0 Å². The maximum absolute atomic E-state index is 12.8. The molecule has 0 bridgehead atoms. The van der Waals surface area contributed by atoms with E-state index < -0.39 is 11.5 Å². The van der Waals surface area contributed by atoms with Crippen molar-refractivity contribution in [3.8, 4) is 0 Å². The monoisotopic (exact) mass is 387 g/mol. The summed E-state index contributed by atoms with van der Waals surface area (Å²) < 4.78 is 5.07. The third-order valence-corrected chi connectivity index (χ3v) is 4.82. The van der Waals surface area contributed by atoms with Crippen molar-refractivity contribution in [1.82, 2.24) is 4.90 Å². The highest BCUT2D eigenvalue weighted by Crippen LogP contribution is 2.46. The largest absolute Gasteiger partial charge is 0.468 e. The standard InChI is InChI=1S/C18H14BrNO4/c1-24-14(22)11-20-17(23)16(19)15(12-5-3-2-4-6-12)18(20)9-7-13(21)8-10-18/h2-10H,11H2,1H3. The molecule has 0 saturated heterocycles. The van der Waals surface area contributed by atoms with Gasteiger partial charge in [-0.2, -0.15) is 0 Å². The summed E-state index contributed by atoms with van der Waals surface area (Å²) in [5.41, 5.74) is 0.519. The van der Waals surface area contributed by atoms with E-state index >= 15 is 0 Å². The number of carbonyl (C=O) groups is 3. The topological polar surface area (TPSA) is 63.7 Å². The zero-order valence-corrected chi connectivity index (χ0v) is 14.4. The minimum absolute atomic E-state index is 0.165. The first-order valence-corrected chi connectivity index (χ1v) is 8.06. The number of carbonyl (C=O) groups excluding carboxylic acids is 3. The molecule has 2 aliphatic rings. The minimum atomic E-state index is -1.00. The van der Waals surface area contributed by atoms with Crippen molar-refractivity contribution >= 4 is 39.2 Å². The highest BCUT2D eigenvalue weighted by atomic mass is 79.9. The third-order valence-electron chi connectivity index (χ3n) is 4.08. The fourth-order valence-electron chi connectivity index (χ4n) is 2.94. The molecule has 1 aliphatic heterocycles. The Morgan fingerprint density at radius 2 is 1.79 bits per heavy atom. The Labute approximate surface area is 147 Å². The molecule has 3 rings (SSSR count). The molecule has 24 heavy (non-hydrogen) atoms. The van der Waals surface area contributed by atoms with Crippen molar-refractivity contribution in [3.05, 3.63) is 64.7 Å². The maximum Gasteiger partial charge on any atom is 0.325 e. The van der Waals surface area contributed by atoms with Crippen LogP contribution in [0.25, 0.3) is 5.57 Å². The van der Waals surface area contributed by atoms with Crippen LogP contribution in [-0.4, -0.2) is 41.8 Å². The summed E-state index contributed by atoms with van der Waals surface area (Å²) in [5, 5.41) is 0. The van der Waals surface area contributed by atoms with Crippen molar-refractivity contribution < 1.29 is 19.1 Å². The first-order chi connectivity index (χ1) is 11.5. The van der Waals surface area contributed by atoms with Crippen molar-refractivity contribution in [2.24, 2.45) is 0 Å². The first kappa shape index (κ1) is 16.4. The molecular formula is C18H14BrNO4. The molecule has 1 spiro atoms. The highest BCUT2D eigenvalue weighted by molar-refractivity contribution is 9.12.